The van der Waals surface area contributed by atoms with Gasteiger partial charge >= 0.3 is 5.97 Å². The predicted octanol–water partition coefficient (Wildman–Crippen LogP) is 6.60. The summed E-state index contributed by atoms with van der Waals surface area (Å²) < 4.78 is 0. The number of aliphatic carboxylic acids is 1. The van der Waals surface area contributed by atoms with E-state index in [-0.39, 0.29) is 0 Å². The molecule has 0 bridgehead atoms. The molecular weight excluding hydrogens is 374 g/mol. The Morgan fingerprint density at radius 2 is 1.37 bits per heavy atom. The molecule has 0 amide bonds. The van der Waals surface area contributed by atoms with Crippen molar-refractivity contribution in [3.63, 3.8) is 0 Å². The standard InChI is InChI=1S/C25H47N3O2/c1-5-6-7-8-9-10-11-12-13-14-15-16-17-18-19-28-25(4,23(29)30)24(2,3)22-20-26-21-27-22/h20-21,28H,5-19H2,1-4H3,(H,26,27)(H,29,30)/t25-/m1/s1. The first-order valence-corrected chi connectivity index (χ1v) is 12.3. The molecule has 30 heavy (non-hydrogen) atoms. The van der Waals surface area contributed by atoms with Crippen molar-refractivity contribution < 1.29 is 9.90 Å². The van der Waals surface area contributed by atoms with Crippen LogP contribution in [0.15, 0.2) is 12.5 Å². The van der Waals surface area contributed by atoms with Gasteiger partial charge < -0.3 is 15.4 Å². The van der Waals surface area contributed by atoms with Crippen LogP contribution in [0.2, 0.25) is 0 Å². The molecule has 1 atom stereocenters. The van der Waals surface area contributed by atoms with Crippen LogP contribution in [-0.4, -0.2) is 33.1 Å². The van der Waals surface area contributed by atoms with Crippen LogP contribution in [0.25, 0.3) is 0 Å². The molecule has 0 aromatic carbocycles. The van der Waals surface area contributed by atoms with Gasteiger partial charge in [-0.15, -0.1) is 0 Å². The van der Waals surface area contributed by atoms with Crippen molar-refractivity contribution in [3.05, 3.63) is 18.2 Å². The fraction of sp³-hybridized carbons (Fsp3) is 0.840. The van der Waals surface area contributed by atoms with Gasteiger partial charge in [-0.25, -0.2) is 4.98 Å². The van der Waals surface area contributed by atoms with E-state index in [9.17, 15) is 9.90 Å². The first-order valence-electron chi connectivity index (χ1n) is 12.3. The average molecular weight is 422 g/mol. The minimum absolute atomic E-state index is 0.592. The summed E-state index contributed by atoms with van der Waals surface area (Å²) in [7, 11) is 0. The second kappa shape index (κ2) is 14.6. The summed E-state index contributed by atoms with van der Waals surface area (Å²) in [6.45, 7) is 8.67. The highest BCUT2D eigenvalue weighted by Crippen LogP contribution is 2.34. The molecule has 1 aromatic rings. The number of nitrogens with one attached hydrogen (secondary N) is 2. The Morgan fingerprint density at radius 1 is 0.900 bits per heavy atom. The summed E-state index contributed by atoms with van der Waals surface area (Å²) in [6, 6.07) is 0. The van der Waals surface area contributed by atoms with Crippen molar-refractivity contribution in [2.24, 2.45) is 0 Å². The maximum absolute atomic E-state index is 12.0. The van der Waals surface area contributed by atoms with Crippen LogP contribution in [0.4, 0.5) is 0 Å². The van der Waals surface area contributed by atoms with E-state index in [4.69, 9.17) is 0 Å². The summed E-state index contributed by atoms with van der Waals surface area (Å²) in [5.41, 5.74) is -0.803. The number of aromatic nitrogens is 2. The highest BCUT2D eigenvalue weighted by molar-refractivity contribution is 5.80. The normalized spacial score (nSPS) is 14.0. The molecule has 0 saturated heterocycles. The SMILES string of the molecule is CCCCCCCCCCCCCCCCN[C@](C)(C(=O)O)C(C)(C)c1cnc[nH]1. The molecule has 174 valence electrons. The fourth-order valence-corrected chi connectivity index (χ4v) is 4.09. The Hall–Kier alpha value is -1.36. The van der Waals surface area contributed by atoms with Gasteiger partial charge in [0.05, 0.1) is 6.33 Å². The van der Waals surface area contributed by atoms with Crippen LogP contribution in [0.5, 0.6) is 0 Å². The van der Waals surface area contributed by atoms with E-state index < -0.39 is 16.9 Å². The van der Waals surface area contributed by atoms with Crippen LogP contribution >= 0.6 is 0 Å². The quantitative estimate of drug-likeness (QED) is 0.220. The number of aromatic amines is 1. The lowest BCUT2D eigenvalue weighted by Crippen LogP contribution is -2.61. The van der Waals surface area contributed by atoms with Crippen molar-refractivity contribution in [1.82, 2.24) is 15.3 Å². The third-order valence-corrected chi connectivity index (χ3v) is 6.86. The van der Waals surface area contributed by atoms with Crippen molar-refractivity contribution in [2.45, 2.75) is 129 Å². The second-order valence-corrected chi connectivity index (χ2v) is 9.54. The molecule has 0 spiro atoms. The maximum Gasteiger partial charge on any atom is 0.324 e. The molecule has 1 heterocycles. The summed E-state index contributed by atoms with van der Waals surface area (Å²) in [5, 5.41) is 13.2. The number of carboxylic acid groups (broad SMARTS) is 1. The number of hydrogen-bond donors (Lipinski definition) is 3. The third-order valence-electron chi connectivity index (χ3n) is 6.86. The molecule has 0 aliphatic heterocycles. The Labute approximate surface area is 184 Å². The van der Waals surface area contributed by atoms with Crippen molar-refractivity contribution in [1.29, 1.82) is 0 Å². The van der Waals surface area contributed by atoms with E-state index in [0.29, 0.717) is 0 Å². The van der Waals surface area contributed by atoms with E-state index in [1.165, 1.54) is 77.0 Å². The smallest absolute Gasteiger partial charge is 0.324 e. The predicted molar refractivity (Wildman–Crippen MR) is 126 cm³/mol. The number of carboxylic acids is 1. The lowest BCUT2D eigenvalue weighted by molar-refractivity contribution is -0.147. The zero-order chi connectivity index (χ0) is 22.3. The molecular formula is C25H47N3O2. The molecule has 0 unspecified atom stereocenters. The molecule has 5 heteroatoms. The molecule has 0 radical (unpaired) electrons. The zero-order valence-corrected chi connectivity index (χ0v) is 20.1. The average Bonchev–Trinajstić information content (AvgIpc) is 3.26. The van der Waals surface area contributed by atoms with Crippen molar-refractivity contribution >= 4 is 5.97 Å². The molecule has 3 N–H and O–H groups in total. The van der Waals surface area contributed by atoms with Gasteiger partial charge in [0, 0.05) is 17.3 Å². The van der Waals surface area contributed by atoms with Gasteiger partial charge in [0.1, 0.15) is 5.54 Å². The van der Waals surface area contributed by atoms with E-state index in [1.807, 2.05) is 13.8 Å². The number of hydrogen-bond acceptors (Lipinski definition) is 3. The second-order valence-electron chi connectivity index (χ2n) is 9.54. The van der Waals surface area contributed by atoms with Gasteiger partial charge in [0.2, 0.25) is 0 Å². The Kier molecular flexibility index (Phi) is 13.0. The molecule has 1 aromatic heterocycles. The Bertz CT molecular complexity index is 557. The third kappa shape index (κ3) is 8.79. The van der Waals surface area contributed by atoms with E-state index in [0.717, 1.165) is 25.1 Å². The van der Waals surface area contributed by atoms with E-state index in [1.54, 1.807) is 19.4 Å². The summed E-state index contributed by atoms with van der Waals surface area (Å²) in [5.74, 6) is -0.826. The van der Waals surface area contributed by atoms with Crippen molar-refractivity contribution in [2.75, 3.05) is 6.54 Å². The fourth-order valence-electron chi connectivity index (χ4n) is 4.09. The van der Waals surface area contributed by atoms with Crippen molar-refractivity contribution in [3.8, 4) is 0 Å². The summed E-state index contributed by atoms with van der Waals surface area (Å²) in [6.07, 6.45) is 21.9. The number of unbranched alkanes of at least 4 members (excludes halogenated alkanes) is 13. The van der Waals surface area contributed by atoms with Gasteiger partial charge in [0.15, 0.2) is 0 Å². The molecule has 5 nitrogen and oxygen atoms in total. The van der Waals surface area contributed by atoms with E-state index >= 15 is 0 Å². The molecule has 0 aliphatic carbocycles. The minimum Gasteiger partial charge on any atom is -0.480 e. The summed E-state index contributed by atoms with van der Waals surface area (Å²) >= 11 is 0. The number of H-pyrrole nitrogens is 1. The minimum atomic E-state index is -1.05. The van der Waals surface area contributed by atoms with Crippen LogP contribution < -0.4 is 5.32 Å². The van der Waals surface area contributed by atoms with Gasteiger partial charge in [-0.3, -0.25) is 4.79 Å². The Morgan fingerprint density at radius 3 is 1.77 bits per heavy atom. The lowest BCUT2D eigenvalue weighted by atomic mass is 9.71. The lowest BCUT2D eigenvalue weighted by Gasteiger charge is -2.41. The number of nitrogens with zero attached hydrogens (tertiary/aromatic N) is 1. The number of carbonyl (C=O) groups is 1. The van der Waals surface area contributed by atoms with Gasteiger partial charge in [-0.05, 0) is 19.9 Å². The molecule has 0 saturated carbocycles. The Balaban J connectivity index is 2.10. The summed E-state index contributed by atoms with van der Waals surface area (Å²) in [4.78, 5) is 19.2. The zero-order valence-electron chi connectivity index (χ0n) is 20.1. The van der Waals surface area contributed by atoms with Crippen LogP contribution in [-0.2, 0) is 10.2 Å². The van der Waals surface area contributed by atoms with Gasteiger partial charge in [-0.1, -0.05) is 104 Å². The molecule has 0 aliphatic rings. The van der Waals surface area contributed by atoms with Crippen LogP contribution in [0.1, 0.15) is 123 Å². The largest absolute Gasteiger partial charge is 0.480 e. The molecule has 0 fully saturated rings. The highest BCUT2D eigenvalue weighted by Gasteiger charge is 2.49. The first kappa shape index (κ1) is 26.7. The first-order chi connectivity index (χ1) is 14.4. The molecule has 1 rings (SSSR count). The van der Waals surface area contributed by atoms with Crippen LogP contribution in [0.3, 0.4) is 0 Å². The van der Waals surface area contributed by atoms with Crippen LogP contribution in [0, 0.1) is 0 Å². The highest BCUT2D eigenvalue weighted by atomic mass is 16.4. The topological polar surface area (TPSA) is 78.0 Å². The van der Waals surface area contributed by atoms with E-state index in [2.05, 4.69) is 22.2 Å². The maximum atomic E-state index is 12.0. The number of imidazole rings is 1. The van der Waals surface area contributed by atoms with Gasteiger partial charge in [0.25, 0.3) is 0 Å². The monoisotopic (exact) mass is 421 g/mol. The van der Waals surface area contributed by atoms with Gasteiger partial charge in [-0.2, -0.15) is 0 Å². The number of rotatable bonds is 19.